The van der Waals surface area contributed by atoms with Crippen LogP contribution in [0.5, 0.6) is 0 Å². The highest BCUT2D eigenvalue weighted by Gasteiger charge is 2.51. The number of benzene rings is 4. The SMILES string of the molecule is [C-]#[N+]c1cccc2c1ccc1c3c(cnc12)C(C)(C)CC3(c1ccccc1)c1ccccc1. The van der Waals surface area contributed by atoms with Crippen LogP contribution >= 0.6 is 0 Å². The normalized spacial score (nSPS) is 15.9. The topological polar surface area (TPSA) is 17.2 Å². The van der Waals surface area contributed by atoms with E-state index in [4.69, 9.17) is 11.6 Å². The monoisotopic (exact) mass is 424 g/mol. The predicted molar refractivity (Wildman–Crippen MR) is 136 cm³/mol. The Kier molecular flexibility index (Phi) is 4.19. The second kappa shape index (κ2) is 7.02. The van der Waals surface area contributed by atoms with Crippen LogP contribution in [0, 0.1) is 6.57 Å². The molecule has 0 amide bonds. The van der Waals surface area contributed by atoms with Gasteiger partial charge in [-0.2, -0.15) is 0 Å². The number of rotatable bonds is 2. The van der Waals surface area contributed by atoms with Gasteiger partial charge in [0, 0.05) is 17.0 Å². The zero-order valence-electron chi connectivity index (χ0n) is 18.8. The standard InChI is InChI=1S/C31H24N2/c1-30(2)20-31(21-11-6-4-7-12-21,22-13-8-5-9-14-22)28-25-18-17-23-24(15-10-16-27(23)32-3)29(25)33-19-26(28)30/h4-19H,20H2,1-2H3. The molecule has 2 nitrogen and oxygen atoms in total. The summed E-state index contributed by atoms with van der Waals surface area (Å²) in [6.07, 6.45) is 3.07. The van der Waals surface area contributed by atoms with Crippen molar-refractivity contribution in [2.24, 2.45) is 0 Å². The van der Waals surface area contributed by atoms with E-state index in [1.54, 1.807) is 0 Å². The molecule has 5 aromatic rings. The molecular weight excluding hydrogens is 400 g/mol. The van der Waals surface area contributed by atoms with E-state index in [2.05, 4.69) is 104 Å². The average Bonchev–Trinajstić information content (AvgIpc) is 3.12. The molecule has 0 unspecified atom stereocenters. The second-order valence-corrected chi connectivity index (χ2v) is 9.69. The summed E-state index contributed by atoms with van der Waals surface area (Å²) in [5.74, 6) is 0. The zero-order valence-corrected chi connectivity index (χ0v) is 18.8. The van der Waals surface area contributed by atoms with E-state index in [1.807, 2.05) is 12.1 Å². The predicted octanol–water partition coefficient (Wildman–Crippen LogP) is 7.95. The van der Waals surface area contributed by atoms with Crippen molar-refractivity contribution in [1.82, 2.24) is 4.98 Å². The molecule has 0 spiro atoms. The molecule has 6 rings (SSSR count). The smallest absolute Gasteiger partial charge is 0.194 e. The molecular formula is C31H24N2. The summed E-state index contributed by atoms with van der Waals surface area (Å²) in [5.41, 5.74) is 6.63. The van der Waals surface area contributed by atoms with Gasteiger partial charge in [-0.25, -0.2) is 4.85 Å². The van der Waals surface area contributed by atoms with Crippen LogP contribution in [0.15, 0.2) is 97.2 Å². The van der Waals surface area contributed by atoms with Crippen LogP contribution in [0.1, 0.15) is 42.5 Å². The number of aromatic nitrogens is 1. The first-order chi connectivity index (χ1) is 16.1. The fourth-order valence-electron chi connectivity index (χ4n) is 6.03. The molecule has 0 N–H and O–H groups in total. The lowest BCUT2D eigenvalue weighted by atomic mass is 9.68. The van der Waals surface area contributed by atoms with Crippen molar-refractivity contribution >= 4 is 27.4 Å². The molecule has 1 aliphatic rings. The third-order valence-electron chi connectivity index (χ3n) is 7.39. The molecule has 0 atom stereocenters. The van der Waals surface area contributed by atoms with Crippen molar-refractivity contribution in [1.29, 1.82) is 0 Å². The minimum atomic E-state index is -0.270. The summed E-state index contributed by atoms with van der Waals surface area (Å²) in [4.78, 5) is 8.75. The van der Waals surface area contributed by atoms with E-state index in [0.29, 0.717) is 5.69 Å². The fraction of sp³-hybridized carbons (Fsp3) is 0.161. The van der Waals surface area contributed by atoms with Crippen LogP contribution in [0.25, 0.3) is 26.5 Å². The first-order valence-electron chi connectivity index (χ1n) is 11.4. The molecule has 0 radical (unpaired) electrons. The molecule has 0 fully saturated rings. The van der Waals surface area contributed by atoms with E-state index in [0.717, 1.165) is 22.7 Å². The summed E-state index contributed by atoms with van der Waals surface area (Å²) < 4.78 is 0. The van der Waals surface area contributed by atoms with Gasteiger partial charge < -0.3 is 0 Å². The van der Waals surface area contributed by atoms with Crippen molar-refractivity contribution in [2.45, 2.75) is 31.1 Å². The van der Waals surface area contributed by atoms with E-state index < -0.39 is 0 Å². The van der Waals surface area contributed by atoms with Crippen LogP contribution in [-0.2, 0) is 10.8 Å². The first-order valence-corrected chi connectivity index (χ1v) is 11.4. The quantitative estimate of drug-likeness (QED) is 0.208. The van der Waals surface area contributed by atoms with Gasteiger partial charge in [-0.1, -0.05) is 105 Å². The Bertz CT molecular complexity index is 1520. The van der Waals surface area contributed by atoms with Gasteiger partial charge in [0.1, 0.15) is 0 Å². The summed E-state index contributed by atoms with van der Waals surface area (Å²) in [6, 6.07) is 32.1. The van der Waals surface area contributed by atoms with Crippen LogP contribution in [0.4, 0.5) is 5.69 Å². The lowest BCUT2D eigenvalue weighted by Crippen LogP contribution is -2.29. The van der Waals surface area contributed by atoms with Crippen molar-refractivity contribution < 1.29 is 0 Å². The maximum absolute atomic E-state index is 7.60. The van der Waals surface area contributed by atoms with Gasteiger partial charge in [0.2, 0.25) is 0 Å². The highest BCUT2D eigenvalue weighted by molar-refractivity contribution is 6.11. The Balaban J connectivity index is 1.81. The number of hydrogen-bond acceptors (Lipinski definition) is 1. The van der Waals surface area contributed by atoms with E-state index >= 15 is 0 Å². The Hall–Kier alpha value is -3.96. The molecule has 4 aromatic carbocycles. The molecule has 0 saturated heterocycles. The van der Waals surface area contributed by atoms with Crippen molar-refractivity contribution in [3.8, 4) is 0 Å². The molecule has 1 heterocycles. The summed E-state index contributed by atoms with van der Waals surface area (Å²) in [6.45, 7) is 12.3. The maximum atomic E-state index is 7.60. The van der Waals surface area contributed by atoms with E-state index in [9.17, 15) is 0 Å². The Labute approximate surface area is 194 Å². The third-order valence-corrected chi connectivity index (χ3v) is 7.39. The molecule has 0 aliphatic heterocycles. The number of hydrogen-bond donors (Lipinski definition) is 0. The van der Waals surface area contributed by atoms with Gasteiger partial charge in [-0.15, -0.1) is 0 Å². The lowest BCUT2D eigenvalue weighted by Gasteiger charge is -2.34. The lowest BCUT2D eigenvalue weighted by molar-refractivity contribution is 0.444. The summed E-state index contributed by atoms with van der Waals surface area (Å²) in [5, 5.41) is 3.19. The van der Waals surface area contributed by atoms with E-state index in [1.165, 1.54) is 27.6 Å². The molecule has 1 aliphatic carbocycles. The Morgan fingerprint density at radius 1 is 0.727 bits per heavy atom. The van der Waals surface area contributed by atoms with Crippen molar-refractivity contribution in [3.05, 3.63) is 131 Å². The highest BCUT2D eigenvalue weighted by atomic mass is 14.7. The average molecular weight is 425 g/mol. The van der Waals surface area contributed by atoms with Gasteiger partial charge in [-0.05, 0) is 44.9 Å². The van der Waals surface area contributed by atoms with Crippen LogP contribution in [0.2, 0.25) is 0 Å². The van der Waals surface area contributed by atoms with Crippen LogP contribution in [-0.4, -0.2) is 4.98 Å². The van der Waals surface area contributed by atoms with Crippen LogP contribution in [0.3, 0.4) is 0 Å². The Morgan fingerprint density at radius 3 is 2.00 bits per heavy atom. The van der Waals surface area contributed by atoms with Gasteiger partial charge in [0.15, 0.2) is 5.69 Å². The zero-order chi connectivity index (χ0) is 22.6. The summed E-state index contributed by atoms with van der Waals surface area (Å²) >= 11 is 0. The van der Waals surface area contributed by atoms with Crippen LogP contribution < -0.4 is 0 Å². The Morgan fingerprint density at radius 2 is 1.36 bits per heavy atom. The summed E-state index contributed by atoms with van der Waals surface area (Å²) in [7, 11) is 0. The minimum absolute atomic E-state index is 0.0322. The van der Waals surface area contributed by atoms with Gasteiger partial charge in [0.05, 0.1) is 12.1 Å². The fourth-order valence-corrected chi connectivity index (χ4v) is 6.03. The number of fused-ring (bicyclic) bond motifs is 5. The molecule has 33 heavy (non-hydrogen) atoms. The van der Waals surface area contributed by atoms with E-state index in [-0.39, 0.29) is 10.8 Å². The van der Waals surface area contributed by atoms with Crippen molar-refractivity contribution in [3.63, 3.8) is 0 Å². The van der Waals surface area contributed by atoms with Gasteiger partial charge >= 0.3 is 0 Å². The third kappa shape index (κ3) is 2.69. The maximum Gasteiger partial charge on any atom is 0.194 e. The molecule has 2 heteroatoms. The van der Waals surface area contributed by atoms with Gasteiger partial charge in [0.25, 0.3) is 0 Å². The molecule has 0 bridgehead atoms. The molecule has 0 saturated carbocycles. The minimum Gasteiger partial charge on any atom is -0.255 e. The highest BCUT2D eigenvalue weighted by Crippen LogP contribution is 2.58. The first kappa shape index (κ1) is 19.7. The molecule has 158 valence electrons. The second-order valence-electron chi connectivity index (χ2n) is 9.69. The molecule has 1 aromatic heterocycles. The number of pyridine rings is 1. The van der Waals surface area contributed by atoms with Gasteiger partial charge in [-0.3, -0.25) is 4.98 Å². The largest absolute Gasteiger partial charge is 0.255 e. The number of nitrogens with zero attached hydrogens (tertiary/aromatic N) is 2. The van der Waals surface area contributed by atoms with Crippen molar-refractivity contribution in [2.75, 3.05) is 0 Å².